The second-order valence-corrected chi connectivity index (χ2v) is 7.12. The third-order valence-electron chi connectivity index (χ3n) is 4.75. The Hall–Kier alpha value is -2.06. The summed E-state index contributed by atoms with van der Waals surface area (Å²) in [7, 11) is 0. The Labute approximate surface area is 157 Å². The van der Waals surface area contributed by atoms with Gasteiger partial charge >= 0.3 is 0 Å². The number of hydrogen-bond donors (Lipinski definition) is 2. The van der Waals surface area contributed by atoms with Gasteiger partial charge in [0.2, 0.25) is 5.95 Å². The highest BCUT2D eigenvalue weighted by Gasteiger charge is 2.27. The summed E-state index contributed by atoms with van der Waals surface area (Å²) in [4.78, 5) is 8.75. The highest BCUT2D eigenvalue weighted by Crippen LogP contribution is 2.35. The number of hydrogen-bond acceptors (Lipinski definition) is 7. The van der Waals surface area contributed by atoms with Crippen molar-refractivity contribution in [2.75, 3.05) is 30.4 Å². The average Bonchev–Trinajstić information content (AvgIpc) is 2.91. The predicted molar refractivity (Wildman–Crippen MR) is 99.6 cm³/mol. The maximum atomic E-state index is 6.17. The van der Waals surface area contributed by atoms with Crippen LogP contribution in [0.2, 0.25) is 5.02 Å². The zero-order chi connectivity index (χ0) is 18.1. The highest BCUT2D eigenvalue weighted by atomic mass is 35.5. The van der Waals surface area contributed by atoms with E-state index in [1.54, 1.807) is 6.20 Å². The lowest BCUT2D eigenvalue weighted by Crippen LogP contribution is -2.26. The Balaban J connectivity index is 1.70. The van der Waals surface area contributed by atoms with Gasteiger partial charge in [0.15, 0.2) is 5.82 Å². The molecule has 2 aliphatic heterocycles. The first-order chi connectivity index (χ1) is 12.6. The standard InChI is InChI=1S/C17H23ClN6O2/c1-10-8-12(4-7-25-10)24-11(2)14-16(23-24)26-6-3-5-19-15-13(18)9-20-17(21-14)22-15/h9-10,12H,3-8H2,1-2H3,(H2,19,20,21,22). The van der Waals surface area contributed by atoms with E-state index in [9.17, 15) is 0 Å². The van der Waals surface area contributed by atoms with Gasteiger partial charge in [0.1, 0.15) is 10.7 Å². The van der Waals surface area contributed by atoms with Gasteiger partial charge in [-0.3, -0.25) is 4.68 Å². The van der Waals surface area contributed by atoms with Crippen molar-refractivity contribution in [1.82, 2.24) is 19.7 Å². The number of aromatic nitrogens is 4. The number of anilines is 3. The van der Waals surface area contributed by atoms with Crippen LogP contribution in [0.25, 0.3) is 0 Å². The second-order valence-electron chi connectivity index (χ2n) is 6.71. The first kappa shape index (κ1) is 17.4. The van der Waals surface area contributed by atoms with Crippen LogP contribution < -0.4 is 15.4 Å². The smallest absolute Gasteiger partial charge is 0.257 e. The molecular formula is C17H23ClN6O2. The van der Waals surface area contributed by atoms with E-state index in [-0.39, 0.29) is 6.10 Å². The molecule has 1 saturated heterocycles. The van der Waals surface area contributed by atoms with Crippen molar-refractivity contribution in [1.29, 1.82) is 0 Å². The van der Waals surface area contributed by atoms with E-state index < -0.39 is 0 Å². The molecule has 2 aromatic rings. The maximum Gasteiger partial charge on any atom is 0.257 e. The molecule has 2 atom stereocenters. The molecule has 4 rings (SSSR count). The molecule has 2 N–H and O–H groups in total. The monoisotopic (exact) mass is 378 g/mol. The summed E-state index contributed by atoms with van der Waals surface area (Å²) in [6.45, 7) is 6.16. The van der Waals surface area contributed by atoms with Gasteiger partial charge in [0.05, 0.1) is 30.6 Å². The van der Waals surface area contributed by atoms with Crippen molar-refractivity contribution in [3.8, 4) is 5.88 Å². The fourth-order valence-corrected chi connectivity index (χ4v) is 3.56. The van der Waals surface area contributed by atoms with Gasteiger partial charge in [-0.25, -0.2) is 4.98 Å². The van der Waals surface area contributed by atoms with E-state index in [1.165, 1.54) is 0 Å². The summed E-state index contributed by atoms with van der Waals surface area (Å²) < 4.78 is 13.7. The third kappa shape index (κ3) is 3.43. The van der Waals surface area contributed by atoms with Gasteiger partial charge in [0, 0.05) is 13.2 Å². The molecule has 0 saturated carbocycles. The lowest BCUT2D eigenvalue weighted by Gasteiger charge is -2.28. The quantitative estimate of drug-likeness (QED) is 0.787. The van der Waals surface area contributed by atoms with Crippen LogP contribution in [0, 0.1) is 6.92 Å². The maximum absolute atomic E-state index is 6.17. The summed E-state index contributed by atoms with van der Waals surface area (Å²) >= 11 is 6.17. The zero-order valence-corrected chi connectivity index (χ0v) is 15.7. The van der Waals surface area contributed by atoms with Crippen molar-refractivity contribution in [2.24, 2.45) is 0 Å². The number of nitrogens with zero attached hydrogens (tertiary/aromatic N) is 4. The molecule has 0 spiro atoms. The average molecular weight is 379 g/mol. The SMILES string of the molecule is Cc1c2c(nn1C1CCOC(C)C1)OCCCNc1nc(ncc1Cl)N2. The number of nitrogens with one attached hydrogen (secondary N) is 2. The Bertz CT molecular complexity index is 796. The highest BCUT2D eigenvalue weighted by molar-refractivity contribution is 6.32. The van der Waals surface area contributed by atoms with Crippen molar-refractivity contribution in [2.45, 2.75) is 45.3 Å². The molecule has 26 heavy (non-hydrogen) atoms. The Morgan fingerprint density at radius 2 is 2.23 bits per heavy atom. The number of ether oxygens (including phenoxy) is 2. The summed E-state index contributed by atoms with van der Waals surface area (Å²) in [5.74, 6) is 1.67. The zero-order valence-electron chi connectivity index (χ0n) is 15.0. The minimum absolute atomic E-state index is 0.233. The molecule has 2 aliphatic rings. The summed E-state index contributed by atoms with van der Waals surface area (Å²) in [6, 6.07) is 0.299. The van der Waals surface area contributed by atoms with Gasteiger partial charge in [-0.15, -0.1) is 5.10 Å². The van der Waals surface area contributed by atoms with Gasteiger partial charge in [-0.2, -0.15) is 4.98 Å². The molecule has 8 nitrogen and oxygen atoms in total. The van der Waals surface area contributed by atoms with Crippen LogP contribution in [0.1, 0.15) is 37.9 Å². The van der Waals surface area contributed by atoms with E-state index in [0.717, 1.165) is 37.3 Å². The molecule has 0 aromatic carbocycles. The van der Waals surface area contributed by atoms with Gasteiger partial charge in [0.25, 0.3) is 5.88 Å². The van der Waals surface area contributed by atoms with Crippen LogP contribution in [0.4, 0.5) is 17.5 Å². The second kappa shape index (κ2) is 7.28. The molecule has 0 aliphatic carbocycles. The van der Waals surface area contributed by atoms with Crippen LogP contribution >= 0.6 is 11.6 Å². The first-order valence-corrected chi connectivity index (χ1v) is 9.36. The molecule has 2 unspecified atom stereocenters. The molecule has 2 bridgehead atoms. The summed E-state index contributed by atoms with van der Waals surface area (Å²) in [6.07, 6.45) is 4.52. The molecular weight excluding hydrogens is 356 g/mol. The number of halogens is 1. The van der Waals surface area contributed by atoms with Crippen molar-refractivity contribution < 1.29 is 9.47 Å². The van der Waals surface area contributed by atoms with E-state index in [1.807, 2.05) is 6.92 Å². The first-order valence-electron chi connectivity index (χ1n) is 8.98. The van der Waals surface area contributed by atoms with Gasteiger partial charge < -0.3 is 20.1 Å². The largest absolute Gasteiger partial charge is 0.475 e. The van der Waals surface area contributed by atoms with Crippen molar-refractivity contribution in [3.63, 3.8) is 0 Å². The van der Waals surface area contributed by atoms with E-state index in [4.69, 9.17) is 26.2 Å². The molecule has 2 aromatic heterocycles. The molecule has 0 amide bonds. The predicted octanol–water partition coefficient (Wildman–Crippen LogP) is 3.31. The molecule has 4 heterocycles. The Morgan fingerprint density at radius 1 is 1.35 bits per heavy atom. The van der Waals surface area contributed by atoms with E-state index in [0.29, 0.717) is 41.9 Å². The van der Waals surface area contributed by atoms with Crippen LogP contribution in [-0.2, 0) is 4.74 Å². The molecule has 9 heteroatoms. The van der Waals surface area contributed by atoms with Crippen LogP contribution in [0.5, 0.6) is 5.88 Å². The number of fused-ring (bicyclic) bond motifs is 3. The Kier molecular flexibility index (Phi) is 4.86. The van der Waals surface area contributed by atoms with Crippen LogP contribution in [0.15, 0.2) is 6.20 Å². The molecule has 140 valence electrons. The van der Waals surface area contributed by atoms with Gasteiger partial charge in [-0.1, -0.05) is 11.6 Å². The van der Waals surface area contributed by atoms with E-state index >= 15 is 0 Å². The fraction of sp³-hybridized carbons (Fsp3) is 0.588. The summed E-state index contributed by atoms with van der Waals surface area (Å²) in [5.41, 5.74) is 1.81. The minimum atomic E-state index is 0.233. The normalized spacial score (nSPS) is 23.0. The lowest BCUT2D eigenvalue weighted by atomic mass is 10.0. The molecule has 0 radical (unpaired) electrons. The Morgan fingerprint density at radius 3 is 3.08 bits per heavy atom. The fourth-order valence-electron chi connectivity index (χ4n) is 3.40. The third-order valence-corrected chi connectivity index (χ3v) is 5.03. The topological polar surface area (TPSA) is 86.1 Å². The van der Waals surface area contributed by atoms with Gasteiger partial charge in [-0.05, 0) is 33.1 Å². The van der Waals surface area contributed by atoms with Crippen molar-refractivity contribution in [3.05, 3.63) is 16.9 Å². The van der Waals surface area contributed by atoms with Crippen LogP contribution in [0.3, 0.4) is 0 Å². The van der Waals surface area contributed by atoms with Crippen molar-refractivity contribution >= 4 is 29.1 Å². The van der Waals surface area contributed by atoms with E-state index in [2.05, 4.69) is 32.2 Å². The number of rotatable bonds is 1. The lowest BCUT2D eigenvalue weighted by molar-refractivity contribution is 0.00289. The van der Waals surface area contributed by atoms with Crippen LogP contribution in [-0.4, -0.2) is 45.6 Å². The summed E-state index contributed by atoms with van der Waals surface area (Å²) in [5, 5.41) is 11.7. The molecule has 1 fully saturated rings. The minimum Gasteiger partial charge on any atom is -0.475 e.